The first kappa shape index (κ1) is 16.3. The molecule has 1 heterocycles. The Morgan fingerprint density at radius 2 is 1.45 bits per heavy atom. The number of aliphatic hydroxyl groups is 1. The fourth-order valence-corrected chi connectivity index (χ4v) is 4.65. The van der Waals surface area contributed by atoms with E-state index in [2.05, 4.69) is 9.80 Å². The molecule has 0 aromatic rings. The van der Waals surface area contributed by atoms with Crippen LogP contribution in [0.2, 0.25) is 0 Å². The molecule has 0 bridgehead atoms. The molecule has 0 aromatic carbocycles. The van der Waals surface area contributed by atoms with Gasteiger partial charge in [0.15, 0.2) is 0 Å². The largest absolute Gasteiger partial charge is 0.392 e. The van der Waals surface area contributed by atoms with Crippen molar-refractivity contribution in [3.05, 3.63) is 0 Å². The Hall–Kier alpha value is -0.610. The number of hydrogen-bond donors (Lipinski definition) is 1. The predicted molar refractivity (Wildman–Crippen MR) is 87.7 cm³/mol. The third kappa shape index (κ3) is 4.02. The molecular weight excluding hydrogens is 276 g/mol. The van der Waals surface area contributed by atoms with Crippen molar-refractivity contribution >= 4 is 5.91 Å². The molecule has 1 aliphatic heterocycles. The maximum atomic E-state index is 13.0. The Bertz CT molecular complexity index is 344. The molecule has 1 atom stereocenters. The third-order valence-corrected chi connectivity index (χ3v) is 5.83. The monoisotopic (exact) mass is 308 g/mol. The number of β-amino-alcohol motifs (C(OH)–C–C–N with tert-alkyl or cyclic N) is 1. The summed E-state index contributed by atoms with van der Waals surface area (Å²) < 4.78 is 0. The van der Waals surface area contributed by atoms with Crippen molar-refractivity contribution in [2.75, 3.05) is 19.6 Å². The lowest BCUT2D eigenvalue weighted by molar-refractivity contribution is -0.139. The Morgan fingerprint density at radius 1 is 0.909 bits per heavy atom. The van der Waals surface area contributed by atoms with Crippen LogP contribution in [0.1, 0.15) is 70.6 Å². The number of nitrogens with zero attached hydrogens (tertiary/aromatic N) is 2. The first-order chi connectivity index (χ1) is 10.7. The molecule has 2 saturated carbocycles. The van der Waals surface area contributed by atoms with E-state index in [1.54, 1.807) is 0 Å². The van der Waals surface area contributed by atoms with Crippen LogP contribution in [0.4, 0.5) is 0 Å². The van der Waals surface area contributed by atoms with Gasteiger partial charge in [0.05, 0.1) is 12.6 Å². The molecule has 22 heavy (non-hydrogen) atoms. The van der Waals surface area contributed by atoms with Crippen LogP contribution in [0.3, 0.4) is 0 Å². The van der Waals surface area contributed by atoms with Crippen molar-refractivity contribution in [2.45, 2.75) is 88.8 Å². The van der Waals surface area contributed by atoms with Gasteiger partial charge in [0.1, 0.15) is 0 Å². The normalized spacial score (nSPS) is 28.9. The number of aliphatic hydroxyl groups excluding tert-OH is 1. The van der Waals surface area contributed by atoms with Crippen LogP contribution in [-0.4, -0.2) is 58.6 Å². The maximum absolute atomic E-state index is 13.0. The zero-order chi connectivity index (χ0) is 15.4. The van der Waals surface area contributed by atoms with E-state index in [-0.39, 0.29) is 6.10 Å². The molecule has 3 fully saturated rings. The summed E-state index contributed by atoms with van der Waals surface area (Å²) in [7, 11) is 0. The summed E-state index contributed by atoms with van der Waals surface area (Å²) >= 11 is 0. The van der Waals surface area contributed by atoms with Crippen LogP contribution in [0.25, 0.3) is 0 Å². The van der Waals surface area contributed by atoms with E-state index in [0.717, 1.165) is 13.0 Å². The van der Waals surface area contributed by atoms with Crippen molar-refractivity contribution in [3.8, 4) is 0 Å². The molecule has 0 unspecified atom stereocenters. The molecule has 2 aliphatic carbocycles. The summed E-state index contributed by atoms with van der Waals surface area (Å²) in [6.07, 6.45) is 13.2. The first-order valence-corrected chi connectivity index (χ1v) is 9.45. The van der Waals surface area contributed by atoms with Crippen LogP contribution in [0.5, 0.6) is 0 Å². The van der Waals surface area contributed by atoms with Gasteiger partial charge in [0, 0.05) is 25.2 Å². The Morgan fingerprint density at radius 3 is 1.91 bits per heavy atom. The van der Waals surface area contributed by atoms with Crippen molar-refractivity contribution in [1.82, 2.24) is 9.80 Å². The summed E-state index contributed by atoms with van der Waals surface area (Å²) in [4.78, 5) is 17.4. The molecule has 4 nitrogen and oxygen atoms in total. The number of rotatable bonds is 4. The molecule has 126 valence electrons. The minimum atomic E-state index is -0.231. The van der Waals surface area contributed by atoms with Crippen molar-refractivity contribution < 1.29 is 9.90 Å². The van der Waals surface area contributed by atoms with Gasteiger partial charge >= 0.3 is 0 Å². The lowest BCUT2D eigenvalue weighted by Crippen LogP contribution is -2.51. The van der Waals surface area contributed by atoms with Gasteiger partial charge in [0.25, 0.3) is 0 Å². The molecule has 1 N–H and O–H groups in total. The molecule has 0 radical (unpaired) electrons. The van der Waals surface area contributed by atoms with Gasteiger partial charge in [-0.1, -0.05) is 38.5 Å². The second-order valence-corrected chi connectivity index (χ2v) is 7.56. The van der Waals surface area contributed by atoms with Crippen molar-refractivity contribution in [3.63, 3.8) is 0 Å². The van der Waals surface area contributed by atoms with Crippen molar-refractivity contribution in [2.24, 2.45) is 0 Å². The Labute approximate surface area is 134 Å². The number of carbonyl (C=O) groups excluding carboxylic acids is 1. The first-order valence-electron chi connectivity index (χ1n) is 9.45. The van der Waals surface area contributed by atoms with Gasteiger partial charge in [-0.05, 0) is 32.1 Å². The van der Waals surface area contributed by atoms with Gasteiger partial charge in [-0.15, -0.1) is 0 Å². The Kier molecular flexibility index (Phi) is 5.75. The van der Waals surface area contributed by atoms with Crippen LogP contribution in [0, 0.1) is 0 Å². The Balaban J connectivity index is 1.64. The average Bonchev–Trinajstić information content (AvgIpc) is 2.95. The molecule has 1 saturated heterocycles. The average molecular weight is 308 g/mol. The van der Waals surface area contributed by atoms with E-state index >= 15 is 0 Å². The van der Waals surface area contributed by atoms with Crippen LogP contribution < -0.4 is 0 Å². The highest BCUT2D eigenvalue weighted by Crippen LogP contribution is 2.30. The molecule has 3 aliphatic rings. The molecule has 0 aromatic heterocycles. The highest BCUT2D eigenvalue weighted by Gasteiger charge is 2.33. The third-order valence-electron chi connectivity index (χ3n) is 5.83. The lowest BCUT2D eigenvalue weighted by atomic mass is 9.88. The van der Waals surface area contributed by atoms with Gasteiger partial charge < -0.3 is 10.0 Å². The van der Waals surface area contributed by atoms with E-state index < -0.39 is 0 Å². The molecule has 3 rings (SSSR count). The topological polar surface area (TPSA) is 43.8 Å². The minimum absolute atomic E-state index is 0.231. The number of carbonyl (C=O) groups is 1. The fourth-order valence-electron chi connectivity index (χ4n) is 4.65. The summed E-state index contributed by atoms with van der Waals surface area (Å²) in [5, 5.41) is 9.68. The maximum Gasteiger partial charge on any atom is 0.237 e. The fraction of sp³-hybridized carbons (Fsp3) is 0.944. The summed E-state index contributed by atoms with van der Waals surface area (Å²) in [6.45, 7) is 2.06. The van der Waals surface area contributed by atoms with Crippen LogP contribution in [0.15, 0.2) is 0 Å². The van der Waals surface area contributed by atoms with Gasteiger partial charge in [-0.25, -0.2) is 0 Å². The highest BCUT2D eigenvalue weighted by atomic mass is 16.3. The standard InChI is InChI=1S/C18H32N2O2/c21-17-11-12-19(13-17)14-18(22)20(15-7-3-1-4-8-15)16-9-5-2-6-10-16/h15-17,21H,1-14H2/t17-/m1/s1. The van der Waals surface area contributed by atoms with Crippen LogP contribution in [-0.2, 0) is 4.79 Å². The van der Waals surface area contributed by atoms with E-state index in [9.17, 15) is 9.90 Å². The molecule has 4 heteroatoms. The molecule has 1 amide bonds. The summed E-state index contributed by atoms with van der Waals surface area (Å²) in [6, 6.07) is 0.966. The quantitative estimate of drug-likeness (QED) is 0.868. The smallest absolute Gasteiger partial charge is 0.237 e. The van der Waals surface area contributed by atoms with Gasteiger partial charge in [-0.2, -0.15) is 0 Å². The van der Waals surface area contributed by atoms with E-state index in [1.807, 2.05) is 0 Å². The van der Waals surface area contributed by atoms with E-state index in [0.29, 0.717) is 31.1 Å². The number of amides is 1. The SMILES string of the molecule is O=C(CN1CC[C@@H](O)C1)N(C1CCCCC1)C1CCCCC1. The van der Waals surface area contributed by atoms with Crippen LogP contribution >= 0.6 is 0 Å². The van der Waals surface area contributed by atoms with E-state index in [1.165, 1.54) is 64.2 Å². The minimum Gasteiger partial charge on any atom is -0.392 e. The predicted octanol–water partition coefficient (Wildman–Crippen LogP) is 2.55. The molecular formula is C18H32N2O2. The molecule has 0 spiro atoms. The van der Waals surface area contributed by atoms with Crippen molar-refractivity contribution in [1.29, 1.82) is 0 Å². The zero-order valence-electron chi connectivity index (χ0n) is 13.9. The number of hydrogen-bond acceptors (Lipinski definition) is 3. The second kappa shape index (κ2) is 7.78. The summed E-state index contributed by atoms with van der Waals surface area (Å²) in [5.41, 5.74) is 0. The lowest BCUT2D eigenvalue weighted by Gasteiger charge is -2.42. The number of likely N-dealkylation sites (tertiary alicyclic amines) is 1. The van der Waals surface area contributed by atoms with E-state index in [4.69, 9.17) is 0 Å². The highest BCUT2D eigenvalue weighted by molar-refractivity contribution is 5.79. The second-order valence-electron chi connectivity index (χ2n) is 7.56. The van der Waals surface area contributed by atoms with Gasteiger partial charge in [-0.3, -0.25) is 9.69 Å². The zero-order valence-corrected chi connectivity index (χ0v) is 13.9. The summed E-state index contributed by atoms with van der Waals surface area (Å²) in [5.74, 6) is 0.327. The van der Waals surface area contributed by atoms with Gasteiger partial charge in [0.2, 0.25) is 5.91 Å².